The van der Waals surface area contributed by atoms with Gasteiger partial charge in [-0.05, 0) is 78.1 Å². The van der Waals surface area contributed by atoms with E-state index in [1.807, 2.05) is 31.2 Å². The third-order valence-electron chi connectivity index (χ3n) is 4.88. The average Bonchev–Trinajstić information content (AvgIpc) is 2.62. The summed E-state index contributed by atoms with van der Waals surface area (Å²) in [6, 6.07) is 16.3. The van der Waals surface area contributed by atoms with Gasteiger partial charge in [0, 0.05) is 22.3 Å². The number of rotatable bonds is 4. The van der Waals surface area contributed by atoms with Crippen molar-refractivity contribution in [2.75, 3.05) is 18.0 Å². The lowest BCUT2D eigenvalue weighted by atomic mass is 9.99. The summed E-state index contributed by atoms with van der Waals surface area (Å²) in [5, 5.41) is 3.10. The number of carbonyl (C=O) groups is 1. The molecule has 132 valence electrons. The highest BCUT2D eigenvalue weighted by molar-refractivity contribution is 14.1. The fraction of sp³-hybridized carbons (Fsp3) is 0.381. The van der Waals surface area contributed by atoms with Crippen LogP contribution in [0, 0.1) is 9.49 Å². The Hall–Kier alpha value is -1.56. The molecule has 0 radical (unpaired) electrons. The van der Waals surface area contributed by atoms with Gasteiger partial charge in [-0.2, -0.15) is 0 Å². The summed E-state index contributed by atoms with van der Waals surface area (Å²) >= 11 is 2.20. The third kappa shape index (κ3) is 4.54. The first-order valence-electron chi connectivity index (χ1n) is 8.95. The van der Waals surface area contributed by atoms with E-state index in [2.05, 4.69) is 64.0 Å². The molecule has 2 aromatic rings. The summed E-state index contributed by atoms with van der Waals surface area (Å²) in [7, 11) is 0. The summed E-state index contributed by atoms with van der Waals surface area (Å²) in [6.45, 7) is 6.63. The molecule has 1 saturated heterocycles. The quantitative estimate of drug-likeness (QED) is 0.667. The van der Waals surface area contributed by atoms with Crippen molar-refractivity contribution in [2.45, 2.75) is 32.7 Å². The molecule has 1 aliphatic rings. The van der Waals surface area contributed by atoms with Crippen LogP contribution in [0.2, 0.25) is 0 Å². The Balaban J connectivity index is 1.65. The van der Waals surface area contributed by atoms with E-state index in [1.54, 1.807) is 0 Å². The molecule has 0 saturated carbocycles. The SMILES string of the molecule is C[C@@H]1CCCN(c2ccc([C@@H](C)NC(=O)c3ccccc3I)cc2)C1. The Morgan fingerprint density at radius 2 is 1.92 bits per heavy atom. The predicted octanol–water partition coefficient (Wildman–Crippen LogP) is 5.02. The Morgan fingerprint density at radius 1 is 1.20 bits per heavy atom. The molecule has 0 aromatic heterocycles. The zero-order valence-corrected chi connectivity index (χ0v) is 17.0. The van der Waals surface area contributed by atoms with Crippen LogP contribution in [0.3, 0.4) is 0 Å². The minimum absolute atomic E-state index is 0.0159. The highest BCUT2D eigenvalue weighted by Crippen LogP contribution is 2.25. The standard InChI is InChI=1S/C21H25IN2O/c1-15-6-5-13-24(14-15)18-11-9-17(10-12-18)16(2)23-21(25)19-7-3-4-8-20(19)22/h3-4,7-12,15-16H,5-6,13-14H2,1-2H3,(H,23,25)/t15-,16-/m1/s1. The van der Waals surface area contributed by atoms with E-state index in [0.29, 0.717) is 0 Å². The van der Waals surface area contributed by atoms with Crippen LogP contribution in [0.25, 0.3) is 0 Å². The number of amides is 1. The number of nitrogens with one attached hydrogen (secondary N) is 1. The summed E-state index contributed by atoms with van der Waals surface area (Å²) in [6.07, 6.45) is 2.60. The number of piperidine rings is 1. The second kappa shape index (κ2) is 8.21. The lowest BCUT2D eigenvalue weighted by Gasteiger charge is -2.33. The first-order valence-corrected chi connectivity index (χ1v) is 10.0. The fourth-order valence-corrected chi connectivity index (χ4v) is 4.03. The van der Waals surface area contributed by atoms with E-state index in [4.69, 9.17) is 0 Å². The molecule has 0 spiro atoms. The lowest BCUT2D eigenvalue weighted by molar-refractivity contribution is 0.0939. The molecule has 25 heavy (non-hydrogen) atoms. The Kier molecular flexibility index (Phi) is 5.99. The van der Waals surface area contributed by atoms with Crippen LogP contribution in [0.4, 0.5) is 5.69 Å². The maximum absolute atomic E-state index is 12.5. The number of nitrogens with zero attached hydrogens (tertiary/aromatic N) is 1. The molecule has 4 heteroatoms. The number of hydrogen-bond acceptors (Lipinski definition) is 2. The molecule has 1 fully saturated rings. The zero-order chi connectivity index (χ0) is 17.8. The maximum atomic E-state index is 12.5. The van der Waals surface area contributed by atoms with E-state index in [0.717, 1.165) is 33.7 Å². The van der Waals surface area contributed by atoms with Gasteiger partial charge in [-0.1, -0.05) is 31.2 Å². The van der Waals surface area contributed by atoms with Gasteiger partial charge in [-0.15, -0.1) is 0 Å². The van der Waals surface area contributed by atoms with E-state index in [1.165, 1.54) is 18.5 Å². The van der Waals surface area contributed by atoms with Crippen molar-refractivity contribution in [3.63, 3.8) is 0 Å². The molecule has 1 aliphatic heterocycles. The van der Waals surface area contributed by atoms with Gasteiger partial charge in [-0.3, -0.25) is 4.79 Å². The van der Waals surface area contributed by atoms with Gasteiger partial charge in [0.15, 0.2) is 0 Å². The maximum Gasteiger partial charge on any atom is 0.252 e. The van der Waals surface area contributed by atoms with Crippen LogP contribution in [-0.4, -0.2) is 19.0 Å². The second-order valence-electron chi connectivity index (χ2n) is 6.96. The number of anilines is 1. The average molecular weight is 448 g/mol. The molecule has 1 amide bonds. The number of halogens is 1. The first-order chi connectivity index (χ1) is 12.0. The van der Waals surface area contributed by atoms with Crippen molar-refractivity contribution >= 4 is 34.2 Å². The topological polar surface area (TPSA) is 32.3 Å². The van der Waals surface area contributed by atoms with Gasteiger partial charge in [0.1, 0.15) is 0 Å². The lowest BCUT2D eigenvalue weighted by Crippen LogP contribution is -2.34. The van der Waals surface area contributed by atoms with Gasteiger partial charge >= 0.3 is 0 Å². The van der Waals surface area contributed by atoms with E-state index in [-0.39, 0.29) is 11.9 Å². The fourth-order valence-electron chi connectivity index (χ4n) is 3.40. The molecule has 3 nitrogen and oxygen atoms in total. The molecular formula is C21H25IN2O. The number of benzene rings is 2. The molecular weight excluding hydrogens is 423 g/mol. The Labute approximate surface area is 164 Å². The molecule has 1 heterocycles. The normalized spacial score (nSPS) is 18.7. The monoisotopic (exact) mass is 448 g/mol. The van der Waals surface area contributed by atoms with Crippen LogP contribution in [0.15, 0.2) is 48.5 Å². The smallest absolute Gasteiger partial charge is 0.252 e. The van der Waals surface area contributed by atoms with Crippen molar-refractivity contribution in [1.29, 1.82) is 0 Å². The number of carbonyl (C=O) groups excluding carboxylic acids is 1. The minimum atomic E-state index is -0.0218. The highest BCUT2D eigenvalue weighted by Gasteiger charge is 2.17. The van der Waals surface area contributed by atoms with Gasteiger partial charge in [0.2, 0.25) is 0 Å². The Morgan fingerprint density at radius 3 is 2.60 bits per heavy atom. The van der Waals surface area contributed by atoms with Crippen molar-refractivity contribution in [3.8, 4) is 0 Å². The molecule has 0 aliphatic carbocycles. The van der Waals surface area contributed by atoms with E-state index >= 15 is 0 Å². The van der Waals surface area contributed by atoms with Crippen LogP contribution in [0.1, 0.15) is 48.7 Å². The largest absolute Gasteiger partial charge is 0.371 e. The molecule has 2 aromatic carbocycles. The van der Waals surface area contributed by atoms with Crippen LogP contribution in [0.5, 0.6) is 0 Å². The minimum Gasteiger partial charge on any atom is -0.371 e. The first kappa shape index (κ1) is 18.2. The van der Waals surface area contributed by atoms with Crippen molar-refractivity contribution in [2.24, 2.45) is 5.92 Å². The highest BCUT2D eigenvalue weighted by atomic mass is 127. The van der Waals surface area contributed by atoms with E-state index < -0.39 is 0 Å². The summed E-state index contributed by atoms with van der Waals surface area (Å²) in [5.41, 5.74) is 3.15. The van der Waals surface area contributed by atoms with Crippen molar-refractivity contribution in [1.82, 2.24) is 5.32 Å². The molecule has 1 N–H and O–H groups in total. The summed E-state index contributed by atoms with van der Waals surface area (Å²) in [4.78, 5) is 14.9. The second-order valence-corrected chi connectivity index (χ2v) is 8.12. The third-order valence-corrected chi connectivity index (χ3v) is 5.82. The van der Waals surface area contributed by atoms with Crippen LogP contribution >= 0.6 is 22.6 Å². The zero-order valence-electron chi connectivity index (χ0n) is 14.8. The molecule has 0 unspecified atom stereocenters. The predicted molar refractivity (Wildman–Crippen MR) is 112 cm³/mol. The van der Waals surface area contributed by atoms with Crippen LogP contribution < -0.4 is 10.2 Å². The molecule has 2 atom stereocenters. The van der Waals surface area contributed by atoms with Gasteiger partial charge in [-0.25, -0.2) is 0 Å². The van der Waals surface area contributed by atoms with Gasteiger partial charge < -0.3 is 10.2 Å². The van der Waals surface area contributed by atoms with E-state index in [9.17, 15) is 4.79 Å². The Bertz CT molecular complexity index is 729. The van der Waals surface area contributed by atoms with Crippen molar-refractivity contribution < 1.29 is 4.79 Å². The van der Waals surface area contributed by atoms with Gasteiger partial charge in [0.25, 0.3) is 5.91 Å². The summed E-state index contributed by atoms with van der Waals surface area (Å²) < 4.78 is 0.972. The van der Waals surface area contributed by atoms with Crippen molar-refractivity contribution in [3.05, 3.63) is 63.2 Å². The van der Waals surface area contributed by atoms with Crippen LogP contribution in [-0.2, 0) is 0 Å². The molecule has 3 rings (SSSR count). The molecule has 0 bridgehead atoms. The van der Waals surface area contributed by atoms with Gasteiger partial charge in [0.05, 0.1) is 11.6 Å². The summed E-state index contributed by atoms with van der Waals surface area (Å²) in [5.74, 6) is 0.742. The number of hydrogen-bond donors (Lipinski definition) is 1.